The summed E-state index contributed by atoms with van der Waals surface area (Å²) in [6.45, 7) is 9.50. The lowest BCUT2D eigenvalue weighted by atomic mass is 9.82. The summed E-state index contributed by atoms with van der Waals surface area (Å²) >= 11 is 0. The maximum atomic E-state index is 2.58. The van der Waals surface area contributed by atoms with Crippen LogP contribution in [0.2, 0.25) is 0 Å². The molecule has 0 saturated heterocycles. The zero-order valence-corrected chi connectivity index (χ0v) is 35.5. The van der Waals surface area contributed by atoms with Gasteiger partial charge in [-0.3, -0.25) is 0 Å². The predicted octanol–water partition coefficient (Wildman–Crippen LogP) is 16.2. The van der Waals surface area contributed by atoms with E-state index in [4.69, 9.17) is 0 Å². The topological polar surface area (TPSA) is 8.17 Å². The van der Waals surface area contributed by atoms with Crippen LogP contribution < -0.4 is 4.90 Å². The molecule has 0 saturated carbocycles. The van der Waals surface area contributed by atoms with E-state index < -0.39 is 0 Å². The predicted molar refractivity (Wildman–Crippen MR) is 261 cm³/mol. The Morgan fingerprint density at radius 2 is 0.887 bits per heavy atom. The lowest BCUT2D eigenvalue weighted by Crippen LogP contribution is -2.16. The van der Waals surface area contributed by atoms with Gasteiger partial charge in [0, 0.05) is 49.8 Å². The highest BCUT2D eigenvalue weighted by Crippen LogP contribution is 2.55. The van der Waals surface area contributed by atoms with Crippen molar-refractivity contribution in [3.8, 4) is 50.2 Å². The van der Waals surface area contributed by atoms with Crippen molar-refractivity contribution in [1.29, 1.82) is 0 Å². The molecule has 2 nitrogen and oxygen atoms in total. The molecule has 0 bridgehead atoms. The minimum Gasteiger partial charge on any atom is -0.310 e. The first-order chi connectivity index (χ1) is 30.3. The number of aromatic nitrogens is 1. The van der Waals surface area contributed by atoms with Crippen LogP contribution in [0.15, 0.2) is 206 Å². The highest BCUT2D eigenvalue weighted by atomic mass is 15.1. The Balaban J connectivity index is 1.15. The quantitative estimate of drug-likeness (QED) is 0.163. The van der Waals surface area contributed by atoms with Crippen molar-refractivity contribution in [2.24, 2.45) is 0 Å². The second-order valence-corrected chi connectivity index (χ2v) is 18.1. The second kappa shape index (κ2) is 13.5. The van der Waals surface area contributed by atoms with Gasteiger partial charge in [-0.15, -0.1) is 0 Å². The van der Waals surface area contributed by atoms with E-state index in [-0.39, 0.29) is 10.8 Å². The maximum absolute atomic E-state index is 2.58. The van der Waals surface area contributed by atoms with Crippen LogP contribution in [0, 0.1) is 0 Å². The van der Waals surface area contributed by atoms with Gasteiger partial charge in [0.2, 0.25) is 0 Å². The average Bonchev–Trinajstić information content (AvgIpc) is 3.86. The number of benzene rings is 9. The van der Waals surface area contributed by atoms with Crippen molar-refractivity contribution in [3.63, 3.8) is 0 Å². The molecule has 2 aliphatic rings. The average molecular weight is 795 g/mol. The van der Waals surface area contributed by atoms with Crippen molar-refractivity contribution >= 4 is 38.9 Å². The van der Waals surface area contributed by atoms with Crippen LogP contribution in [0.3, 0.4) is 0 Å². The van der Waals surface area contributed by atoms with E-state index in [0.717, 1.165) is 17.1 Å². The fraction of sp³-hybridized carbons (Fsp3) is 0.100. The van der Waals surface area contributed by atoms with Crippen molar-refractivity contribution in [1.82, 2.24) is 4.57 Å². The second-order valence-electron chi connectivity index (χ2n) is 18.1. The Morgan fingerprint density at radius 1 is 0.339 bits per heavy atom. The molecular weight excluding hydrogens is 749 g/mol. The standard InChI is InChI=1S/C60H46N2/c1-59(2)52-28-15-12-26-50(52)57-53(59)35-34-45(40-20-9-6-10-21-40)58(57)62-55-29-16-13-25-48(55)49-33-31-44(38-56(49)62)61(42-23-17-22-41(36-42)39-18-7-5-8-19-39)43-30-32-47-46-24-11-14-27-51(46)60(3,4)54(47)37-43/h5-38H,1-4H3. The molecule has 10 aromatic rings. The maximum Gasteiger partial charge on any atom is 0.0622 e. The van der Waals surface area contributed by atoms with Crippen molar-refractivity contribution in [2.45, 2.75) is 38.5 Å². The van der Waals surface area contributed by atoms with Gasteiger partial charge in [0.15, 0.2) is 0 Å². The van der Waals surface area contributed by atoms with Gasteiger partial charge in [-0.2, -0.15) is 0 Å². The van der Waals surface area contributed by atoms with E-state index >= 15 is 0 Å². The lowest BCUT2D eigenvalue weighted by Gasteiger charge is -2.29. The molecule has 2 aliphatic carbocycles. The Labute approximate surface area is 364 Å². The number of fused-ring (bicyclic) bond motifs is 9. The number of hydrogen-bond donors (Lipinski definition) is 0. The third-order valence-corrected chi connectivity index (χ3v) is 14.0. The largest absolute Gasteiger partial charge is 0.310 e. The molecule has 1 heterocycles. The van der Waals surface area contributed by atoms with E-state index in [2.05, 4.69) is 243 Å². The number of anilines is 3. The fourth-order valence-corrected chi connectivity index (χ4v) is 10.9. The normalized spacial score (nSPS) is 14.1. The van der Waals surface area contributed by atoms with Gasteiger partial charge in [-0.05, 0) is 98.1 Å². The third kappa shape index (κ3) is 5.29. The third-order valence-electron chi connectivity index (χ3n) is 14.0. The molecule has 62 heavy (non-hydrogen) atoms. The minimum absolute atomic E-state index is 0.137. The van der Waals surface area contributed by atoms with Crippen LogP contribution in [0.4, 0.5) is 17.1 Å². The highest BCUT2D eigenvalue weighted by Gasteiger charge is 2.39. The first-order valence-electron chi connectivity index (χ1n) is 21.9. The molecule has 0 N–H and O–H groups in total. The zero-order chi connectivity index (χ0) is 41.7. The molecule has 0 aliphatic heterocycles. The van der Waals surface area contributed by atoms with E-state index in [9.17, 15) is 0 Å². The minimum atomic E-state index is -0.151. The first kappa shape index (κ1) is 36.4. The van der Waals surface area contributed by atoms with Crippen molar-refractivity contribution in [2.75, 3.05) is 4.90 Å². The smallest absolute Gasteiger partial charge is 0.0622 e. The molecule has 12 rings (SSSR count). The number of para-hydroxylation sites is 1. The Bertz CT molecular complexity index is 3400. The molecule has 0 spiro atoms. The van der Waals surface area contributed by atoms with Gasteiger partial charge < -0.3 is 9.47 Å². The highest BCUT2D eigenvalue weighted by molar-refractivity contribution is 6.12. The molecule has 0 atom stereocenters. The molecule has 2 heteroatoms. The SMILES string of the molecule is CC1(C)c2ccccc2-c2ccc(N(c3cccc(-c4ccccc4)c3)c3ccc4c5ccccc5n(-c5c(-c6ccccc6)ccc6c5-c5ccccc5C6(C)C)c4c3)cc21. The van der Waals surface area contributed by atoms with E-state index in [1.807, 2.05) is 0 Å². The lowest BCUT2D eigenvalue weighted by molar-refractivity contribution is 0.660. The summed E-state index contributed by atoms with van der Waals surface area (Å²) in [5, 5.41) is 2.47. The number of hydrogen-bond acceptors (Lipinski definition) is 1. The molecule has 9 aromatic carbocycles. The van der Waals surface area contributed by atoms with Crippen LogP contribution in [0.5, 0.6) is 0 Å². The van der Waals surface area contributed by atoms with Crippen LogP contribution in [0.1, 0.15) is 49.9 Å². The van der Waals surface area contributed by atoms with Gasteiger partial charge in [0.1, 0.15) is 0 Å². The molecule has 296 valence electrons. The van der Waals surface area contributed by atoms with Gasteiger partial charge in [-0.25, -0.2) is 0 Å². The number of nitrogens with zero attached hydrogens (tertiary/aromatic N) is 2. The summed E-state index contributed by atoms with van der Waals surface area (Å²) in [6, 6.07) is 76.6. The van der Waals surface area contributed by atoms with Gasteiger partial charge in [0.25, 0.3) is 0 Å². The zero-order valence-electron chi connectivity index (χ0n) is 35.5. The Kier molecular flexibility index (Phi) is 7.96. The summed E-state index contributed by atoms with van der Waals surface area (Å²) in [6.07, 6.45) is 0. The summed E-state index contributed by atoms with van der Waals surface area (Å²) in [7, 11) is 0. The van der Waals surface area contributed by atoms with Gasteiger partial charge >= 0.3 is 0 Å². The Morgan fingerprint density at radius 3 is 1.68 bits per heavy atom. The van der Waals surface area contributed by atoms with Gasteiger partial charge in [-0.1, -0.05) is 191 Å². The summed E-state index contributed by atoms with van der Waals surface area (Å²) in [5.74, 6) is 0. The molecule has 0 amide bonds. The van der Waals surface area contributed by atoms with E-state index in [1.165, 1.54) is 94.3 Å². The molecule has 0 unspecified atom stereocenters. The van der Waals surface area contributed by atoms with Crippen molar-refractivity contribution < 1.29 is 0 Å². The van der Waals surface area contributed by atoms with Crippen LogP contribution in [-0.2, 0) is 10.8 Å². The fourth-order valence-electron chi connectivity index (χ4n) is 10.9. The molecule has 0 fully saturated rings. The van der Waals surface area contributed by atoms with E-state index in [0.29, 0.717) is 0 Å². The molecule has 0 radical (unpaired) electrons. The van der Waals surface area contributed by atoms with Crippen molar-refractivity contribution in [3.05, 3.63) is 229 Å². The summed E-state index contributed by atoms with van der Waals surface area (Å²) in [4.78, 5) is 2.47. The van der Waals surface area contributed by atoms with Gasteiger partial charge in [0.05, 0.1) is 16.7 Å². The monoisotopic (exact) mass is 794 g/mol. The summed E-state index contributed by atoms with van der Waals surface area (Å²) < 4.78 is 2.58. The molecule has 1 aromatic heterocycles. The van der Waals surface area contributed by atoms with Crippen LogP contribution >= 0.6 is 0 Å². The molecular formula is C60H46N2. The van der Waals surface area contributed by atoms with E-state index in [1.54, 1.807) is 0 Å². The van der Waals surface area contributed by atoms with Crippen LogP contribution in [0.25, 0.3) is 72.0 Å². The van der Waals surface area contributed by atoms with Crippen LogP contribution in [-0.4, -0.2) is 4.57 Å². The Hall–Kier alpha value is -7.42. The summed E-state index contributed by atoms with van der Waals surface area (Å²) in [5.41, 5.74) is 22.2. The first-order valence-corrected chi connectivity index (χ1v) is 21.9. The number of rotatable bonds is 6.